The first kappa shape index (κ1) is 29.4. The van der Waals surface area contributed by atoms with E-state index < -0.39 is 0 Å². The second kappa shape index (κ2) is 12.9. The van der Waals surface area contributed by atoms with Crippen LogP contribution in [0.15, 0.2) is 90.3 Å². The van der Waals surface area contributed by atoms with E-state index in [2.05, 4.69) is 90.8 Å². The van der Waals surface area contributed by atoms with Gasteiger partial charge < -0.3 is 9.84 Å². The van der Waals surface area contributed by atoms with E-state index in [4.69, 9.17) is 4.74 Å². The van der Waals surface area contributed by atoms with Gasteiger partial charge in [0.15, 0.2) is 0 Å². The van der Waals surface area contributed by atoms with Gasteiger partial charge in [-0.05, 0) is 85.8 Å². The number of allylic oxidation sites excluding steroid dienone is 9. The molecule has 0 amide bonds. The summed E-state index contributed by atoms with van der Waals surface area (Å²) in [4.78, 5) is 0. The van der Waals surface area contributed by atoms with Crippen LogP contribution in [-0.2, 0) is 17.8 Å². The highest BCUT2D eigenvalue weighted by Crippen LogP contribution is 2.40. The normalized spacial score (nSPS) is 18.5. The lowest BCUT2D eigenvalue weighted by molar-refractivity contribution is 0.0492. The number of aliphatic hydroxyl groups is 1. The van der Waals surface area contributed by atoms with Gasteiger partial charge in [-0.3, -0.25) is 0 Å². The minimum atomic E-state index is 0.0358. The third-order valence-electron chi connectivity index (χ3n) is 7.34. The number of hydrogen-bond acceptors (Lipinski definition) is 2. The zero-order valence-corrected chi connectivity index (χ0v) is 23.6. The smallest absolute Gasteiger partial charge is 0.115 e. The van der Waals surface area contributed by atoms with Crippen LogP contribution < -0.4 is 0 Å². The fraction of sp³-hybridized carbons (Fsp3) is 0.412. The average Bonchev–Trinajstić information content (AvgIpc) is 2.94. The topological polar surface area (TPSA) is 29.5 Å². The van der Waals surface area contributed by atoms with Crippen LogP contribution in [0.25, 0.3) is 5.57 Å². The van der Waals surface area contributed by atoms with Crippen LogP contribution in [0.4, 0.5) is 0 Å². The maximum atomic E-state index is 10.1. The van der Waals surface area contributed by atoms with Gasteiger partial charge in [-0.2, -0.15) is 0 Å². The van der Waals surface area contributed by atoms with Gasteiger partial charge in [-0.25, -0.2) is 0 Å². The molecule has 0 aromatic heterocycles. The second-order valence-corrected chi connectivity index (χ2v) is 10.8. The van der Waals surface area contributed by atoms with Gasteiger partial charge in [0.1, 0.15) is 5.76 Å². The summed E-state index contributed by atoms with van der Waals surface area (Å²) in [5.74, 6) is 0.289. The Labute approximate surface area is 220 Å². The number of hydrogen-bond donors (Lipinski definition) is 1. The molecule has 0 fully saturated rings. The van der Waals surface area contributed by atoms with Crippen molar-refractivity contribution in [3.8, 4) is 0 Å². The number of fused-ring (bicyclic) bond motifs is 1. The number of aryl methyl sites for hydroxylation is 1. The molecule has 1 atom stereocenters. The van der Waals surface area contributed by atoms with E-state index in [1.165, 1.54) is 39.0 Å². The summed E-state index contributed by atoms with van der Waals surface area (Å²) in [5.41, 5.74) is 10.3. The van der Waals surface area contributed by atoms with Crippen molar-refractivity contribution in [3.63, 3.8) is 0 Å². The highest BCUT2D eigenvalue weighted by molar-refractivity contribution is 5.76. The molecule has 1 N–H and O–H groups in total. The minimum absolute atomic E-state index is 0.0358. The Balaban J connectivity index is 2.58. The van der Waals surface area contributed by atoms with Crippen molar-refractivity contribution in [2.45, 2.75) is 74.3 Å². The molecule has 1 aliphatic rings. The summed E-state index contributed by atoms with van der Waals surface area (Å²) in [5, 5.41) is 10.1. The van der Waals surface area contributed by atoms with Gasteiger partial charge in [-0.1, -0.05) is 94.2 Å². The largest absolute Gasteiger partial charge is 0.508 e. The number of rotatable bonds is 10. The van der Waals surface area contributed by atoms with Gasteiger partial charge in [0, 0.05) is 11.5 Å². The first-order valence-corrected chi connectivity index (χ1v) is 13.1. The van der Waals surface area contributed by atoms with E-state index in [9.17, 15) is 5.11 Å². The van der Waals surface area contributed by atoms with Crippen molar-refractivity contribution >= 4 is 5.57 Å². The molecule has 2 nitrogen and oxygen atoms in total. The summed E-state index contributed by atoms with van der Waals surface area (Å²) in [7, 11) is 0. The Morgan fingerprint density at radius 1 is 1.22 bits per heavy atom. The van der Waals surface area contributed by atoms with Crippen molar-refractivity contribution in [3.05, 3.63) is 113 Å². The van der Waals surface area contributed by atoms with Crippen molar-refractivity contribution < 1.29 is 9.84 Å². The van der Waals surface area contributed by atoms with E-state index in [-0.39, 0.29) is 17.1 Å². The Bertz CT molecular complexity index is 1120. The molecule has 0 aliphatic heterocycles. The molecule has 0 heterocycles. The number of benzene rings is 1. The lowest BCUT2D eigenvalue weighted by Crippen LogP contribution is -2.18. The SMILES string of the molecule is C=C(O)/C(=C/C)C(=C)/C=C1\CC(=C)C(/C(C)=C/C=C\C)Cc2cc(COCC(C)(C)CC)c(C)cc21. The lowest BCUT2D eigenvalue weighted by atomic mass is 9.86. The molecule has 0 saturated heterocycles. The van der Waals surface area contributed by atoms with Crippen molar-refractivity contribution in [2.24, 2.45) is 11.3 Å². The first-order valence-electron chi connectivity index (χ1n) is 13.1. The Morgan fingerprint density at radius 3 is 2.50 bits per heavy atom. The highest BCUT2D eigenvalue weighted by atomic mass is 16.5. The van der Waals surface area contributed by atoms with Gasteiger partial charge >= 0.3 is 0 Å². The van der Waals surface area contributed by atoms with Crippen LogP contribution in [0.1, 0.15) is 76.6 Å². The molecule has 0 bridgehead atoms. The van der Waals surface area contributed by atoms with Gasteiger partial charge in [0.25, 0.3) is 0 Å². The third-order valence-corrected chi connectivity index (χ3v) is 7.34. The lowest BCUT2D eigenvalue weighted by Gasteiger charge is -2.23. The Morgan fingerprint density at radius 2 is 1.92 bits per heavy atom. The molecule has 36 heavy (non-hydrogen) atoms. The Kier molecular flexibility index (Phi) is 10.5. The molecule has 0 radical (unpaired) electrons. The molecule has 1 aromatic carbocycles. The molecule has 1 unspecified atom stereocenters. The van der Waals surface area contributed by atoms with Crippen molar-refractivity contribution in [1.29, 1.82) is 0 Å². The van der Waals surface area contributed by atoms with E-state index >= 15 is 0 Å². The van der Waals surface area contributed by atoms with E-state index in [0.29, 0.717) is 12.2 Å². The molecule has 2 heteroatoms. The zero-order valence-electron chi connectivity index (χ0n) is 23.6. The summed E-state index contributed by atoms with van der Waals surface area (Å²) in [6.07, 6.45) is 13.0. The fourth-order valence-corrected chi connectivity index (χ4v) is 4.60. The van der Waals surface area contributed by atoms with Crippen molar-refractivity contribution in [2.75, 3.05) is 6.61 Å². The summed E-state index contributed by atoms with van der Waals surface area (Å²) < 4.78 is 6.18. The van der Waals surface area contributed by atoms with Crippen LogP contribution in [0.2, 0.25) is 0 Å². The highest BCUT2D eigenvalue weighted by Gasteiger charge is 2.25. The van der Waals surface area contributed by atoms with E-state index in [1.54, 1.807) is 0 Å². The molecule has 0 spiro atoms. The van der Waals surface area contributed by atoms with E-state index in [0.717, 1.165) is 31.4 Å². The van der Waals surface area contributed by atoms with E-state index in [1.807, 2.05) is 19.9 Å². The quantitative estimate of drug-likeness (QED) is 0.154. The second-order valence-electron chi connectivity index (χ2n) is 10.8. The van der Waals surface area contributed by atoms with Crippen LogP contribution >= 0.6 is 0 Å². The average molecular weight is 487 g/mol. The summed E-state index contributed by atoms with van der Waals surface area (Å²) in [6.45, 7) is 28.8. The van der Waals surface area contributed by atoms with Crippen LogP contribution in [0.3, 0.4) is 0 Å². The first-order chi connectivity index (χ1) is 16.9. The molecular formula is C34H46O2. The van der Waals surface area contributed by atoms with Gasteiger partial charge in [0.2, 0.25) is 0 Å². The van der Waals surface area contributed by atoms with Crippen LogP contribution in [0.5, 0.6) is 0 Å². The van der Waals surface area contributed by atoms with Gasteiger partial charge in [0.05, 0.1) is 13.2 Å². The van der Waals surface area contributed by atoms with Crippen molar-refractivity contribution in [1.82, 2.24) is 0 Å². The fourth-order valence-electron chi connectivity index (χ4n) is 4.60. The van der Waals surface area contributed by atoms with Crippen LogP contribution in [-0.4, -0.2) is 11.7 Å². The van der Waals surface area contributed by atoms with Gasteiger partial charge in [-0.15, -0.1) is 0 Å². The van der Waals surface area contributed by atoms with Crippen LogP contribution in [0, 0.1) is 18.3 Å². The molecule has 1 aromatic rings. The maximum absolute atomic E-state index is 10.1. The third kappa shape index (κ3) is 7.58. The number of aliphatic hydroxyl groups excluding tert-OH is 1. The molecule has 194 valence electrons. The summed E-state index contributed by atoms with van der Waals surface area (Å²) in [6, 6.07) is 4.62. The monoisotopic (exact) mass is 486 g/mol. The molecule has 0 saturated carbocycles. The predicted molar refractivity (Wildman–Crippen MR) is 157 cm³/mol. The standard InChI is InChI=1S/C34H46O2/c1-11-14-15-23(4)32-20-29-19-30(21-36-22-34(9,10)13-3)24(5)18-33(29)28(17-26(32)7)16-25(6)31(12-2)27(8)35/h11-12,14-16,18-19,32,35H,6-8,13,17,20-22H2,1-5,9-10H3/b14-11-,23-15+,28-16+,31-12+. The predicted octanol–water partition coefficient (Wildman–Crippen LogP) is 9.55. The minimum Gasteiger partial charge on any atom is -0.508 e. The zero-order chi connectivity index (χ0) is 27.0. The summed E-state index contributed by atoms with van der Waals surface area (Å²) >= 11 is 0. The number of ether oxygens (including phenoxy) is 1. The Hall–Kier alpha value is -2.84. The molecule has 1 aliphatic carbocycles. The molecule has 2 rings (SSSR count). The molecular weight excluding hydrogens is 440 g/mol. The maximum Gasteiger partial charge on any atom is 0.115 e.